The molecule has 11 heteroatoms. The molecule has 0 spiro atoms. The van der Waals surface area contributed by atoms with Crippen molar-refractivity contribution >= 4 is 33.0 Å². The van der Waals surface area contributed by atoms with Crippen LogP contribution in [-0.4, -0.2) is 83.6 Å². The van der Waals surface area contributed by atoms with E-state index in [9.17, 15) is 13.2 Å². The van der Waals surface area contributed by atoms with Gasteiger partial charge < -0.3 is 19.4 Å². The molecule has 1 amide bonds. The molecule has 2 fully saturated rings. The summed E-state index contributed by atoms with van der Waals surface area (Å²) in [6.07, 6.45) is 6.79. The number of hydrogen-bond acceptors (Lipinski definition) is 8. The normalized spacial score (nSPS) is 17.8. The lowest BCUT2D eigenvalue weighted by atomic mass is 10.0. The largest absolute Gasteiger partial charge is 0.445 e. The molecule has 226 valence electrons. The zero-order valence-electron chi connectivity index (χ0n) is 24.5. The molecule has 6 rings (SSSR count). The SMILES string of the molecule is Cc1ccc(S(=O)(=O)n2ccc3c(N(CCN4CCCC4)C4CCCN(C(=O)OCc5ccccc5)C4)ncnc32)cc1. The topological polar surface area (TPSA) is 101 Å². The van der Waals surface area contributed by atoms with Crippen LogP contribution in [0.25, 0.3) is 11.0 Å². The van der Waals surface area contributed by atoms with Crippen LogP contribution in [0, 0.1) is 6.92 Å². The average Bonchev–Trinajstić information content (AvgIpc) is 3.72. The summed E-state index contributed by atoms with van der Waals surface area (Å²) < 4.78 is 34.1. The van der Waals surface area contributed by atoms with Crippen LogP contribution in [0.2, 0.25) is 0 Å². The lowest BCUT2D eigenvalue weighted by molar-refractivity contribution is 0.0854. The third kappa shape index (κ3) is 6.37. The molecule has 2 aromatic heterocycles. The third-order valence-corrected chi connectivity index (χ3v) is 10.1. The predicted octanol–water partition coefficient (Wildman–Crippen LogP) is 4.68. The molecular weight excluding hydrogens is 564 g/mol. The molecule has 2 aromatic carbocycles. The van der Waals surface area contributed by atoms with Crippen LogP contribution in [-0.2, 0) is 21.4 Å². The summed E-state index contributed by atoms with van der Waals surface area (Å²) in [6, 6.07) is 18.3. The number of benzene rings is 2. The number of amides is 1. The van der Waals surface area contributed by atoms with Crippen molar-refractivity contribution < 1.29 is 17.9 Å². The minimum atomic E-state index is -3.85. The van der Waals surface area contributed by atoms with Gasteiger partial charge in [-0.2, -0.15) is 0 Å². The number of piperidine rings is 1. The molecule has 0 aliphatic carbocycles. The fourth-order valence-electron chi connectivity index (χ4n) is 6.06. The number of anilines is 1. The third-order valence-electron chi connectivity index (χ3n) is 8.43. The maximum atomic E-state index is 13.6. The van der Waals surface area contributed by atoms with Crippen LogP contribution < -0.4 is 4.90 Å². The summed E-state index contributed by atoms with van der Waals surface area (Å²) in [4.78, 5) is 28.9. The first-order valence-electron chi connectivity index (χ1n) is 15.0. The van der Waals surface area contributed by atoms with E-state index in [4.69, 9.17) is 9.72 Å². The van der Waals surface area contributed by atoms with Crippen LogP contribution in [0.5, 0.6) is 0 Å². The molecule has 2 saturated heterocycles. The van der Waals surface area contributed by atoms with Crippen molar-refractivity contribution in [1.82, 2.24) is 23.7 Å². The van der Waals surface area contributed by atoms with Gasteiger partial charge in [0, 0.05) is 38.4 Å². The van der Waals surface area contributed by atoms with Crippen LogP contribution in [0.3, 0.4) is 0 Å². The summed E-state index contributed by atoms with van der Waals surface area (Å²) in [5, 5.41) is 0.670. The molecule has 1 atom stereocenters. The van der Waals surface area contributed by atoms with E-state index in [1.807, 2.05) is 37.3 Å². The number of hydrogen-bond donors (Lipinski definition) is 0. The van der Waals surface area contributed by atoms with Crippen molar-refractivity contribution in [2.24, 2.45) is 0 Å². The van der Waals surface area contributed by atoms with Gasteiger partial charge in [-0.1, -0.05) is 48.0 Å². The van der Waals surface area contributed by atoms with Crippen LogP contribution >= 0.6 is 0 Å². The Bertz CT molecular complexity index is 1650. The molecule has 0 N–H and O–H groups in total. The number of nitrogens with zero attached hydrogens (tertiary/aromatic N) is 6. The summed E-state index contributed by atoms with van der Waals surface area (Å²) in [5.74, 6) is 0.687. The Hall–Kier alpha value is -3.96. The Labute approximate surface area is 252 Å². The van der Waals surface area contributed by atoms with Gasteiger partial charge in [0.1, 0.15) is 18.8 Å². The number of aryl methyl sites for hydroxylation is 1. The maximum absolute atomic E-state index is 13.6. The first kappa shape index (κ1) is 29.1. The first-order valence-corrected chi connectivity index (χ1v) is 16.4. The first-order chi connectivity index (χ1) is 20.9. The van der Waals surface area contributed by atoms with Gasteiger partial charge in [0.15, 0.2) is 5.65 Å². The number of aromatic nitrogens is 3. The fourth-order valence-corrected chi connectivity index (χ4v) is 7.37. The van der Waals surface area contributed by atoms with Crippen molar-refractivity contribution in [2.75, 3.05) is 44.2 Å². The van der Waals surface area contributed by atoms with Gasteiger partial charge in [-0.15, -0.1) is 0 Å². The van der Waals surface area contributed by atoms with Gasteiger partial charge in [0.2, 0.25) is 0 Å². The molecule has 0 saturated carbocycles. The smallest absolute Gasteiger partial charge is 0.410 e. The van der Waals surface area contributed by atoms with Crippen LogP contribution in [0.4, 0.5) is 10.6 Å². The van der Waals surface area contributed by atoms with Crippen molar-refractivity contribution in [2.45, 2.75) is 50.2 Å². The number of carbonyl (C=O) groups is 1. The van der Waals surface area contributed by atoms with Crippen LogP contribution in [0.15, 0.2) is 78.1 Å². The number of rotatable bonds is 9. The number of fused-ring (bicyclic) bond motifs is 1. The second-order valence-electron chi connectivity index (χ2n) is 11.4. The molecule has 2 aliphatic heterocycles. The van der Waals surface area contributed by atoms with Gasteiger partial charge in [0.25, 0.3) is 10.0 Å². The molecular formula is C32H38N6O4S. The summed E-state index contributed by atoms with van der Waals surface area (Å²) in [7, 11) is -3.85. The van der Waals surface area contributed by atoms with E-state index in [-0.39, 0.29) is 23.6 Å². The quantitative estimate of drug-likeness (QED) is 0.272. The average molecular weight is 603 g/mol. The lowest BCUT2D eigenvalue weighted by Gasteiger charge is -2.40. The summed E-state index contributed by atoms with van der Waals surface area (Å²) in [6.45, 7) is 7.00. The van der Waals surface area contributed by atoms with E-state index in [0.29, 0.717) is 36.5 Å². The molecule has 43 heavy (non-hydrogen) atoms. The predicted molar refractivity (Wildman–Crippen MR) is 166 cm³/mol. The van der Waals surface area contributed by atoms with Crippen molar-refractivity contribution in [3.8, 4) is 0 Å². The van der Waals surface area contributed by atoms with Crippen molar-refractivity contribution in [3.63, 3.8) is 0 Å². The highest BCUT2D eigenvalue weighted by Gasteiger charge is 2.32. The molecule has 0 radical (unpaired) electrons. The number of carbonyl (C=O) groups excluding carboxylic acids is 1. The molecule has 4 heterocycles. The molecule has 2 aliphatic rings. The van der Waals surface area contributed by atoms with Gasteiger partial charge in [-0.3, -0.25) is 0 Å². The second kappa shape index (κ2) is 12.7. The molecule has 1 unspecified atom stereocenters. The Morgan fingerprint density at radius 1 is 0.977 bits per heavy atom. The fraction of sp³-hybridized carbons (Fsp3) is 0.406. The monoisotopic (exact) mass is 602 g/mol. The Morgan fingerprint density at radius 2 is 1.74 bits per heavy atom. The minimum absolute atomic E-state index is 0.00390. The van der Waals surface area contributed by atoms with E-state index >= 15 is 0 Å². The Balaban J connectivity index is 1.28. The highest BCUT2D eigenvalue weighted by molar-refractivity contribution is 7.90. The van der Waals surface area contributed by atoms with E-state index in [1.165, 1.54) is 23.1 Å². The zero-order chi connectivity index (χ0) is 29.8. The Kier molecular flexibility index (Phi) is 8.62. The molecule has 10 nitrogen and oxygen atoms in total. The van der Waals surface area contributed by atoms with E-state index < -0.39 is 10.0 Å². The summed E-state index contributed by atoms with van der Waals surface area (Å²) >= 11 is 0. The molecule has 0 bridgehead atoms. The summed E-state index contributed by atoms with van der Waals surface area (Å²) in [5.41, 5.74) is 2.27. The van der Waals surface area contributed by atoms with Gasteiger partial charge in [-0.25, -0.2) is 27.2 Å². The molecule has 4 aromatic rings. The minimum Gasteiger partial charge on any atom is -0.445 e. The number of likely N-dealkylation sites (tertiary alicyclic amines) is 2. The van der Waals surface area contributed by atoms with E-state index in [0.717, 1.165) is 43.6 Å². The highest BCUT2D eigenvalue weighted by atomic mass is 32.2. The van der Waals surface area contributed by atoms with Crippen molar-refractivity contribution in [3.05, 3.63) is 84.3 Å². The standard InChI is InChI=1S/C32H38N6O4S/c1-25-11-13-28(14-12-25)43(40,41)38-19-15-29-30(33-24-34-31(29)38)37(21-20-35-16-5-6-17-35)27-10-7-18-36(22-27)32(39)42-23-26-8-3-2-4-9-26/h2-4,8-9,11-15,19,24,27H,5-7,10,16-18,20-23H2,1H3. The van der Waals surface area contributed by atoms with E-state index in [1.54, 1.807) is 41.4 Å². The van der Waals surface area contributed by atoms with Gasteiger partial charge in [0.05, 0.1) is 10.3 Å². The van der Waals surface area contributed by atoms with Crippen molar-refractivity contribution in [1.29, 1.82) is 0 Å². The number of ether oxygens (including phenoxy) is 1. The highest BCUT2D eigenvalue weighted by Crippen LogP contribution is 2.30. The maximum Gasteiger partial charge on any atom is 0.410 e. The van der Waals surface area contributed by atoms with Gasteiger partial charge >= 0.3 is 6.09 Å². The second-order valence-corrected chi connectivity index (χ2v) is 13.2. The van der Waals surface area contributed by atoms with Gasteiger partial charge in [-0.05, 0) is 69.5 Å². The lowest BCUT2D eigenvalue weighted by Crippen LogP contribution is -2.52. The van der Waals surface area contributed by atoms with E-state index in [2.05, 4.69) is 14.8 Å². The van der Waals surface area contributed by atoms with Crippen LogP contribution in [0.1, 0.15) is 36.8 Å². The zero-order valence-corrected chi connectivity index (χ0v) is 25.3. The Morgan fingerprint density at radius 3 is 2.51 bits per heavy atom.